The first-order valence-corrected chi connectivity index (χ1v) is 8.17. The molecule has 1 atom stereocenters. The number of aromatic nitrogens is 2. The Hall–Kier alpha value is -2.42. The van der Waals surface area contributed by atoms with Crippen molar-refractivity contribution in [3.8, 4) is 0 Å². The van der Waals surface area contributed by atoms with Gasteiger partial charge in [-0.3, -0.25) is 0 Å². The summed E-state index contributed by atoms with van der Waals surface area (Å²) in [5.41, 5.74) is -1.12. The van der Waals surface area contributed by atoms with E-state index in [1.165, 1.54) is 6.07 Å². The molecular formula is C17H18F4N4O. The third-order valence-corrected chi connectivity index (χ3v) is 3.96. The number of halogens is 4. The van der Waals surface area contributed by atoms with Gasteiger partial charge in [0.1, 0.15) is 11.6 Å². The Labute approximate surface area is 147 Å². The van der Waals surface area contributed by atoms with Gasteiger partial charge in [-0.1, -0.05) is 6.07 Å². The molecule has 0 spiro atoms. The second-order valence-corrected chi connectivity index (χ2v) is 6.29. The number of nitrogens with one attached hydrogen (secondary N) is 2. The molecule has 0 radical (unpaired) electrons. The topological polar surface area (TPSA) is 70.1 Å². The molecule has 0 amide bonds. The quantitative estimate of drug-likeness (QED) is 0.670. The highest BCUT2D eigenvalue weighted by molar-refractivity contribution is 5.63. The normalized spacial score (nSPS) is 15.6. The van der Waals surface area contributed by atoms with Gasteiger partial charge in [0.2, 0.25) is 5.95 Å². The van der Waals surface area contributed by atoms with E-state index in [0.29, 0.717) is 5.69 Å². The molecule has 3 N–H and O–H groups in total. The zero-order valence-electron chi connectivity index (χ0n) is 13.9. The van der Waals surface area contributed by atoms with E-state index in [0.717, 1.165) is 31.0 Å². The van der Waals surface area contributed by atoms with Crippen LogP contribution in [0, 0.1) is 5.82 Å². The van der Waals surface area contributed by atoms with Crippen LogP contribution in [0.4, 0.5) is 35.0 Å². The molecule has 5 nitrogen and oxygen atoms in total. The third-order valence-electron chi connectivity index (χ3n) is 3.96. The number of hydrogen-bond donors (Lipinski definition) is 3. The van der Waals surface area contributed by atoms with Crippen molar-refractivity contribution < 1.29 is 22.7 Å². The number of rotatable bonds is 6. The zero-order valence-corrected chi connectivity index (χ0v) is 13.9. The van der Waals surface area contributed by atoms with Crippen molar-refractivity contribution in [2.75, 3.05) is 17.2 Å². The lowest BCUT2D eigenvalue weighted by molar-refractivity contribution is -0.137. The standard InChI is InChI=1S/C17H18F4N4O/c1-9(8-26)22-16-23-13(10-5-6-10)7-14(25-16)24-15-11(17(19,20)21)3-2-4-12(15)18/h2-4,7,9-10,26H,5-6,8H2,1H3,(H2,22,23,24,25)/t9-/m0/s1. The van der Waals surface area contributed by atoms with Crippen molar-refractivity contribution in [3.05, 3.63) is 41.3 Å². The summed E-state index contributed by atoms with van der Waals surface area (Å²) in [5, 5.41) is 14.5. The van der Waals surface area contributed by atoms with Crippen molar-refractivity contribution in [3.63, 3.8) is 0 Å². The van der Waals surface area contributed by atoms with E-state index >= 15 is 0 Å². The smallest absolute Gasteiger partial charge is 0.394 e. The molecule has 26 heavy (non-hydrogen) atoms. The average molecular weight is 370 g/mol. The molecule has 1 aliphatic rings. The SMILES string of the molecule is C[C@@H](CO)Nc1nc(Nc2c(F)cccc2C(F)(F)F)cc(C2CC2)n1. The fourth-order valence-electron chi connectivity index (χ4n) is 2.46. The van der Waals surface area contributed by atoms with Crippen molar-refractivity contribution >= 4 is 17.5 Å². The van der Waals surface area contributed by atoms with Gasteiger partial charge in [0.15, 0.2) is 0 Å². The molecule has 0 saturated heterocycles. The summed E-state index contributed by atoms with van der Waals surface area (Å²) in [7, 11) is 0. The highest BCUT2D eigenvalue weighted by Gasteiger charge is 2.35. The van der Waals surface area contributed by atoms with Crippen molar-refractivity contribution in [2.24, 2.45) is 0 Å². The number of hydrogen-bond acceptors (Lipinski definition) is 5. The Kier molecular flexibility index (Phi) is 4.99. The predicted molar refractivity (Wildman–Crippen MR) is 88.9 cm³/mol. The van der Waals surface area contributed by atoms with Gasteiger partial charge in [0.05, 0.1) is 23.6 Å². The van der Waals surface area contributed by atoms with Gasteiger partial charge in [0.25, 0.3) is 0 Å². The van der Waals surface area contributed by atoms with Crippen LogP contribution in [0.3, 0.4) is 0 Å². The fraction of sp³-hybridized carbons (Fsp3) is 0.412. The third kappa shape index (κ3) is 4.21. The summed E-state index contributed by atoms with van der Waals surface area (Å²) in [5.74, 6) is -0.579. The monoisotopic (exact) mass is 370 g/mol. The van der Waals surface area contributed by atoms with E-state index in [-0.39, 0.29) is 30.3 Å². The van der Waals surface area contributed by atoms with Crippen LogP contribution in [0.5, 0.6) is 0 Å². The molecule has 140 valence electrons. The molecule has 2 aromatic rings. The first kappa shape index (κ1) is 18.4. The van der Waals surface area contributed by atoms with E-state index < -0.39 is 23.2 Å². The van der Waals surface area contributed by atoms with E-state index in [2.05, 4.69) is 20.6 Å². The molecular weight excluding hydrogens is 352 g/mol. The lowest BCUT2D eigenvalue weighted by Gasteiger charge is -2.17. The van der Waals surface area contributed by atoms with Crippen molar-refractivity contribution in [1.82, 2.24) is 9.97 Å². The summed E-state index contributed by atoms with van der Waals surface area (Å²) in [6, 6.07) is 3.96. The van der Waals surface area contributed by atoms with Crippen molar-refractivity contribution in [1.29, 1.82) is 0 Å². The maximum absolute atomic E-state index is 14.0. The van der Waals surface area contributed by atoms with Crippen LogP contribution < -0.4 is 10.6 Å². The van der Waals surface area contributed by atoms with Crippen molar-refractivity contribution in [2.45, 2.75) is 37.9 Å². The Morgan fingerprint density at radius 1 is 1.27 bits per heavy atom. The molecule has 9 heteroatoms. The first-order valence-electron chi connectivity index (χ1n) is 8.17. The molecule has 1 aromatic heterocycles. The van der Waals surface area contributed by atoms with Gasteiger partial charge >= 0.3 is 6.18 Å². The number of anilines is 3. The minimum atomic E-state index is -4.71. The predicted octanol–water partition coefficient (Wildman–Crippen LogP) is 4.05. The van der Waals surface area contributed by atoms with Crippen LogP contribution in [-0.4, -0.2) is 27.7 Å². The maximum atomic E-state index is 14.0. The lowest BCUT2D eigenvalue weighted by atomic mass is 10.1. The molecule has 1 heterocycles. The van der Waals surface area contributed by atoms with Crippen LogP contribution in [0.2, 0.25) is 0 Å². The summed E-state index contributed by atoms with van der Waals surface area (Å²) in [6.07, 6.45) is -2.85. The Balaban J connectivity index is 1.97. The van der Waals surface area contributed by atoms with E-state index in [4.69, 9.17) is 5.11 Å². The fourth-order valence-corrected chi connectivity index (χ4v) is 2.46. The molecule has 3 rings (SSSR count). The number of benzene rings is 1. The van der Waals surface area contributed by atoms with E-state index in [1.807, 2.05) is 0 Å². The van der Waals surface area contributed by atoms with Crippen LogP contribution in [0.1, 0.15) is 36.9 Å². The van der Waals surface area contributed by atoms with Gasteiger partial charge in [-0.05, 0) is 31.9 Å². The van der Waals surface area contributed by atoms with Crippen LogP contribution in [-0.2, 0) is 6.18 Å². The Morgan fingerprint density at radius 3 is 2.62 bits per heavy atom. The van der Waals surface area contributed by atoms with Gasteiger partial charge in [-0.25, -0.2) is 9.37 Å². The minimum absolute atomic E-state index is 0.0603. The number of aliphatic hydroxyl groups is 1. The number of nitrogens with zero attached hydrogens (tertiary/aromatic N) is 2. The van der Waals surface area contributed by atoms with Gasteiger partial charge in [0, 0.05) is 18.0 Å². The summed E-state index contributed by atoms with van der Waals surface area (Å²) >= 11 is 0. The first-order chi connectivity index (χ1) is 12.3. The molecule has 1 fully saturated rings. The molecule has 0 unspecified atom stereocenters. The summed E-state index contributed by atoms with van der Waals surface area (Å²) < 4.78 is 53.5. The largest absolute Gasteiger partial charge is 0.418 e. The average Bonchev–Trinajstić information content (AvgIpc) is 3.40. The molecule has 1 saturated carbocycles. The van der Waals surface area contributed by atoms with Gasteiger partial charge < -0.3 is 15.7 Å². The van der Waals surface area contributed by atoms with E-state index in [1.54, 1.807) is 6.92 Å². The zero-order chi connectivity index (χ0) is 18.9. The Morgan fingerprint density at radius 2 is 2.00 bits per heavy atom. The Bertz CT molecular complexity index is 793. The lowest BCUT2D eigenvalue weighted by Crippen LogP contribution is -2.21. The second-order valence-electron chi connectivity index (χ2n) is 6.29. The summed E-state index contributed by atoms with van der Waals surface area (Å²) in [6.45, 7) is 1.55. The molecule has 1 aromatic carbocycles. The highest BCUT2D eigenvalue weighted by atomic mass is 19.4. The summed E-state index contributed by atoms with van der Waals surface area (Å²) in [4.78, 5) is 8.44. The number of alkyl halides is 3. The van der Waals surface area contributed by atoms with Crippen LogP contribution in [0.25, 0.3) is 0 Å². The minimum Gasteiger partial charge on any atom is -0.394 e. The second kappa shape index (κ2) is 7.06. The van der Waals surface area contributed by atoms with Crippen LogP contribution >= 0.6 is 0 Å². The van der Waals surface area contributed by atoms with Gasteiger partial charge in [-0.2, -0.15) is 18.2 Å². The molecule has 0 bridgehead atoms. The van der Waals surface area contributed by atoms with E-state index in [9.17, 15) is 17.6 Å². The molecule has 1 aliphatic carbocycles. The molecule has 0 aliphatic heterocycles. The van der Waals surface area contributed by atoms with Crippen LogP contribution in [0.15, 0.2) is 24.3 Å². The number of aliphatic hydroxyl groups excluding tert-OH is 1. The highest BCUT2D eigenvalue weighted by Crippen LogP contribution is 2.41. The maximum Gasteiger partial charge on any atom is 0.418 e. The number of para-hydroxylation sites is 1. The van der Waals surface area contributed by atoms with Gasteiger partial charge in [-0.15, -0.1) is 0 Å².